The molecule has 0 atom stereocenters. The number of carbonyl (C=O) groups excluding carboxylic acids is 2. The van der Waals surface area contributed by atoms with Crippen LogP contribution in [-0.2, 0) is 4.79 Å². The SMILES string of the molecule is COc1cc(/C=N/NC(=O)CSc2nc3ccccc3[nH]2)ccc1OC(=O)c1ccccc1OC. The third kappa shape index (κ3) is 5.98. The van der Waals surface area contributed by atoms with E-state index < -0.39 is 5.97 Å². The number of hydrogen-bond donors (Lipinski definition) is 2. The molecule has 0 radical (unpaired) electrons. The molecule has 9 nitrogen and oxygen atoms in total. The van der Waals surface area contributed by atoms with Crippen LogP contribution in [0.1, 0.15) is 15.9 Å². The van der Waals surface area contributed by atoms with Gasteiger partial charge in [-0.25, -0.2) is 15.2 Å². The number of ether oxygens (including phenoxy) is 3. The highest BCUT2D eigenvalue weighted by atomic mass is 32.2. The summed E-state index contributed by atoms with van der Waals surface area (Å²) in [6, 6.07) is 19.4. The van der Waals surface area contributed by atoms with Crippen molar-refractivity contribution in [3.63, 3.8) is 0 Å². The number of hydrogen-bond acceptors (Lipinski definition) is 8. The van der Waals surface area contributed by atoms with E-state index >= 15 is 0 Å². The van der Waals surface area contributed by atoms with Crippen molar-refractivity contribution in [3.05, 3.63) is 77.9 Å². The molecule has 4 aromatic rings. The second-order valence-corrected chi connectivity index (χ2v) is 8.11. The summed E-state index contributed by atoms with van der Waals surface area (Å²) in [7, 11) is 2.95. The highest BCUT2D eigenvalue weighted by molar-refractivity contribution is 7.99. The molecule has 3 aromatic carbocycles. The van der Waals surface area contributed by atoms with Crippen LogP contribution in [0.25, 0.3) is 11.0 Å². The molecule has 0 saturated heterocycles. The van der Waals surface area contributed by atoms with Crippen LogP contribution >= 0.6 is 11.8 Å². The van der Waals surface area contributed by atoms with Gasteiger partial charge in [0.1, 0.15) is 11.3 Å². The molecule has 178 valence electrons. The van der Waals surface area contributed by atoms with Gasteiger partial charge in [-0.15, -0.1) is 0 Å². The van der Waals surface area contributed by atoms with Gasteiger partial charge in [0.25, 0.3) is 5.91 Å². The van der Waals surface area contributed by atoms with E-state index in [0.29, 0.717) is 27.8 Å². The topological polar surface area (TPSA) is 115 Å². The second kappa shape index (κ2) is 11.2. The predicted molar refractivity (Wildman–Crippen MR) is 134 cm³/mol. The van der Waals surface area contributed by atoms with Crippen LogP contribution in [0.4, 0.5) is 0 Å². The lowest BCUT2D eigenvalue weighted by molar-refractivity contribution is -0.118. The quantitative estimate of drug-likeness (QED) is 0.120. The third-order valence-electron chi connectivity index (χ3n) is 4.83. The lowest BCUT2D eigenvalue weighted by Crippen LogP contribution is -2.19. The Morgan fingerprint density at radius 3 is 2.57 bits per heavy atom. The van der Waals surface area contributed by atoms with Gasteiger partial charge >= 0.3 is 5.97 Å². The average Bonchev–Trinajstić information content (AvgIpc) is 3.31. The number of benzene rings is 3. The molecule has 1 heterocycles. The molecule has 1 amide bonds. The zero-order valence-electron chi connectivity index (χ0n) is 19.0. The number of carbonyl (C=O) groups is 2. The first-order valence-electron chi connectivity index (χ1n) is 10.5. The maximum atomic E-state index is 12.6. The Kier molecular flexibility index (Phi) is 7.63. The Balaban J connectivity index is 1.33. The number of para-hydroxylation sites is 3. The van der Waals surface area contributed by atoms with Crippen molar-refractivity contribution in [1.82, 2.24) is 15.4 Å². The summed E-state index contributed by atoms with van der Waals surface area (Å²) in [5.74, 6) is 0.292. The van der Waals surface area contributed by atoms with Crippen molar-refractivity contribution >= 4 is 40.9 Å². The fraction of sp³-hybridized carbons (Fsp3) is 0.120. The number of rotatable bonds is 9. The number of amides is 1. The zero-order chi connectivity index (χ0) is 24.6. The molecule has 0 saturated carbocycles. The summed E-state index contributed by atoms with van der Waals surface area (Å²) in [5, 5.41) is 4.65. The van der Waals surface area contributed by atoms with Crippen LogP contribution in [0, 0.1) is 0 Å². The lowest BCUT2D eigenvalue weighted by atomic mass is 10.2. The van der Waals surface area contributed by atoms with E-state index in [9.17, 15) is 9.59 Å². The van der Waals surface area contributed by atoms with E-state index in [4.69, 9.17) is 14.2 Å². The molecule has 35 heavy (non-hydrogen) atoms. The Labute approximate surface area is 205 Å². The van der Waals surface area contributed by atoms with Gasteiger partial charge in [-0.1, -0.05) is 36.0 Å². The molecule has 0 aliphatic carbocycles. The Morgan fingerprint density at radius 1 is 1.00 bits per heavy atom. The lowest BCUT2D eigenvalue weighted by Gasteiger charge is -2.11. The van der Waals surface area contributed by atoms with Crippen molar-refractivity contribution in [2.75, 3.05) is 20.0 Å². The number of methoxy groups -OCH3 is 2. The fourth-order valence-corrected chi connectivity index (χ4v) is 3.84. The van der Waals surface area contributed by atoms with E-state index in [1.165, 1.54) is 32.2 Å². The minimum atomic E-state index is -0.573. The van der Waals surface area contributed by atoms with Crippen LogP contribution in [0.2, 0.25) is 0 Å². The van der Waals surface area contributed by atoms with Crippen LogP contribution in [-0.4, -0.2) is 48.0 Å². The average molecular weight is 491 g/mol. The van der Waals surface area contributed by atoms with E-state index in [-0.39, 0.29) is 17.4 Å². The molecule has 0 aliphatic heterocycles. The van der Waals surface area contributed by atoms with Crippen molar-refractivity contribution in [1.29, 1.82) is 0 Å². The second-order valence-electron chi connectivity index (χ2n) is 7.14. The Morgan fingerprint density at radius 2 is 1.77 bits per heavy atom. The first-order valence-corrected chi connectivity index (χ1v) is 11.5. The molecule has 0 bridgehead atoms. The Hall–Kier alpha value is -4.31. The normalized spacial score (nSPS) is 10.9. The maximum absolute atomic E-state index is 12.6. The molecule has 0 fully saturated rings. The summed E-state index contributed by atoms with van der Waals surface area (Å²) in [5.41, 5.74) is 5.18. The van der Waals surface area contributed by atoms with Crippen LogP contribution in [0.15, 0.2) is 77.0 Å². The van der Waals surface area contributed by atoms with Crippen molar-refractivity contribution in [2.45, 2.75) is 5.16 Å². The summed E-state index contributed by atoms with van der Waals surface area (Å²) in [4.78, 5) is 32.3. The van der Waals surface area contributed by atoms with Crippen molar-refractivity contribution in [3.8, 4) is 17.2 Å². The molecular weight excluding hydrogens is 468 g/mol. The third-order valence-corrected chi connectivity index (χ3v) is 5.70. The molecule has 0 spiro atoms. The molecule has 0 aliphatic rings. The first-order chi connectivity index (χ1) is 17.1. The summed E-state index contributed by atoms with van der Waals surface area (Å²) in [6.45, 7) is 0. The van der Waals surface area contributed by atoms with E-state index in [1.807, 2.05) is 24.3 Å². The number of nitrogens with one attached hydrogen (secondary N) is 2. The molecule has 10 heteroatoms. The zero-order valence-corrected chi connectivity index (χ0v) is 19.8. The highest BCUT2D eigenvalue weighted by Gasteiger charge is 2.16. The number of H-pyrrole nitrogens is 1. The Bertz CT molecular complexity index is 1350. The maximum Gasteiger partial charge on any atom is 0.347 e. The largest absolute Gasteiger partial charge is 0.496 e. The molecular formula is C25H22N4O5S. The number of aromatic nitrogens is 2. The number of esters is 1. The molecule has 2 N–H and O–H groups in total. The van der Waals surface area contributed by atoms with E-state index in [1.54, 1.807) is 42.5 Å². The van der Waals surface area contributed by atoms with Gasteiger partial charge in [0, 0.05) is 0 Å². The monoisotopic (exact) mass is 490 g/mol. The predicted octanol–water partition coefficient (Wildman–Crippen LogP) is 4.04. The summed E-state index contributed by atoms with van der Waals surface area (Å²) in [6.07, 6.45) is 1.47. The van der Waals surface area contributed by atoms with Gasteiger partial charge < -0.3 is 19.2 Å². The van der Waals surface area contributed by atoms with Gasteiger partial charge in [0.2, 0.25) is 0 Å². The summed E-state index contributed by atoms with van der Waals surface area (Å²) < 4.78 is 16.0. The standard InChI is InChI=1S/C25H22N4O5S/c1-32-20-10-6-3-7-17(20)24(31)34-21-12-11-16(13-22(21)33-2)14-26-29-23(30)15-35-25-27-18-8-4-5-9-19(18)28-25/h3-14H,15H2,1-2H3,(H,27,28)(H,29,30)/b26-14+. The minimum absolute atomic E-state index is 0.151. The number of hydrazone groups is 1. The van der Waals surface area contributed by atoms with Gasteiger partial charge in [-0.3, -0.25) is 4.79 Å². The van der Waals surface area contributed by atoms with E-state index in [2.05, 4.69) is 20.5 Å². The van der Waals surface area contributed by atoms with Crippen LogP contribution in [0.5, 0.6) is 17.2 Å². The fourth-order valence-electron chi connectivity index (χ4n) is 3.16. The number of aromatic amines is 1. The molecule has 0 unspecified atom stereocenters. The van der Waals surface area contributed by atoms with Gasteiger partial charge in [0.05, 0.1) is 37.2 Å². The molecule has 4 rings (SSSR count). The summed E-state index contributed by atoms with van der Waals surface area (Å²) >= 11 is 1.28. The molecule has 1 aromatic heterocycles. The highest BCUT2D eigenvalue weighted by Crippen LogP contribution is 2.29. The van der Waals surface area contributed by atoms with Crippen LogP contribution < -0.4 is 19.6 Å². The number of imidazole rings is 1. The van der Waals surface area contributed by atoms with Gasteiger partial charge in [0.15, 0.2) is 16.7 Å². The van der Waals surface area contributed by atoms with Crippen molar-refractivity contribution in [2.24, 2.45) is 5.10 Å². The number of nitrogens with zero attached hydrogens (tertiary/aromatic N) is 2. The minimum Gasteiger partial charge on any atom is -0.496 e. The van der Waals surface area contributed by atoms with E-state index in [0.717, 1.165) is 11.0 Å². The first kappa shape index (κ1) is 23.8. The van der Waals surface area contributed by atoms with Gasteiger partial charge in [-0.2, -0.15) is 5.10 Å². The van der Waals surface area contributed by atoms with Crippen molar-refractivity contribution < 1.29 is 23.8 Å². The van der Waals surface area contributed by atoms with Crippen LogP contribution in [0.3, 0.4) is 0 Å². The smallest absolute Gasteiger partial charge is 0.347 e. The number of fused-ring (bicyclic) bond motifs is 1. The van der Waals surface area contributed by atoms with Gasteiger partial charge in [-0.05, 0) is 48.0 Å². The number of thioether (sulfide) groups is 1.